The number of carbonyl (C=O) groups excluding carboxylic acids is 2. The minimum Gasteiger partial charge on any atom is -0.355 e. The minimum atomic E-state index is -1.88. The van der Waals surface area contributed by atoms with Gasteiger partial charge in [-0.25, -0.2) is 8.78 Å². The van der Waals surface area contributed by atoms with Crippen molar-refractivity contribution in [2.24, 2.45) is 39.5 Å². The Labute approximate surface area is 182 Å². The van der Waals surface area contributed by atoms with Gasteiger partial charge >= 0.3 is 0 Å². The average Bonchev–Trinajstić information content (AvgIpc) is 3.34. The molecule has 7 unspecified atom stereocenters. The molecule has 1 N–H and O–H groups in total. The van der Waals surface area contributed by atoms with Gasteiger partial charge in [0.15, 0.2) is 23.9 Å². The van der Waals surface area contributed by atoms with Crippen molar-refractivity contribution < 1.29 is 23.1 Å². The first kappa shape index (κ1) is 21.6. The van der Waals surface area contributed by atoms with Crippen LogP contribution in [0, 0.1) is 34.5 Å². The van der Waals surface area contributed by atoms with Gasteiger partial charge in [-0.1, -0.05) is 6.92 Å². The maximum absolute atomic E-state index is 15.4. The van der Waals surface area contributed by atoms with Crippen LogP contribution in [0.4, 0.5) is 8.78 Å². The molecule has 9 atom stereocenters. The second kappa shape index (κ2) is 7.68. The molecular formula is C24H34F2N2O3. The van der Waals surface area contributed by atoms with Crippen LogP contribution in [-0.4, -0.2) is 55.5 Å². The summed E-state index contributed by atoms with van der Waals surface area (Å²) in [5.74, 6) is -1.75. The van der Waals surface area contributed by atoms with E-state index in [0.717, 1.165) is 57.3 Å². The first-order chi connectivity index (χ1) is 14.8. The second-order valence-electron chi connectivity index (χ2n) is 11.0. The SMILES string of the molecule is C[C@]12CC/C(=N\COC3CCNC3)CC1CCC1C2C(=O)C(F)[C@]2(C)C(=O)C(F)CC12. The number of rotatable bonds is 3. The molecule has 0 radical (unpaired) electrons. The van der Waals surface area contributed by atoms with Gasteiger partial charge in [-0.2, -0.15) is 0 Å². The maximum atomic E-state index is 15.4. The van der Waals surface area contributed by atoms with Gasteiger partial charge in [0.2, 0.25) is 0 Å². The van der Waals surface area contributed by atoms with Crippen molar-refractivity contribution in [2.75, 3.05) is 19.8 Å². The molecule has 1 heterocycles. The van der Waals surface area contributed by atoms with Crippen molar-refractivity contribution in [1.29, 1.82) is 0 Å². The van der Waals surface area contributed by atoms with Crippen molar-refractivity contribution in [3.05, 3.63) is 0 Å². The van der Waals surface area contributed by atoms with Gasteiger partial charge in [-0.3, -0.25) is 14.6 Å². The van der Waals surface area contributed by atoms with Gasteiger partial charge in [0, 0.05) is 18.2 Å². The number of hydrogen-bond donors (Lipinski definition) is 1. The van der Waals surface area contributed by atoms with E-state index in [1.165, 1.54) is 6.92 Å². The van der Waals surface area contributed by atoms with Gasteiger partial charge in [0.25, 0.3) is 0 Å². The van der Waals surface area contributed by atoms with Crippen LogP contribution in [0.5, 0.6) is 0 Å². The standard InChI is InChI=1S/C24H34F2N2O3/c1-23-7-5-14(28-12-31-15-6-8-27-11-15)9-13(23)3-4-16-17-10-18(25)22(30)24(17,2)21(26)20(29)19(16)23/h13,15-19,21,27H,3-12H2,1-2H3/b28-14+/t13?,15?,16?,17?,18?,19?,21?,23-,24+/m0/s1. The van der Waals surface area contributed by atoms with Crippen molar-refractivity contribution in [2.45, 2.75) is 77.2 Å². The highest BCUT2D eigenvalue weighted by molar-refractivity contribution is 6.00. The van der Waals surface area contributed by atoms with Gasteiger partial charge in [-0.15, -0.1) is 0 Å². The number of alkyl halides is 2. The molecule has 31 heavy (non-hydrogen) atoms. The number of ether oxygens (including phenoxy) is 1. The van der Waals surface area contributed by atoms with Crippen molar-refractivity contribution in [1.82, 2.24) is 5.32 Å². The summed E-state index contributed by atoms with van der Waals surface area (Å²) in [5, 5.41) is 3.28. The monoisotopic (exact) mass is 436 g/mol. The molecule has 1 aliphatic heterocycles. The maximum Gasteiger partial charge on any atom is 0.176 e. The molecule has 5 aliphatic rings. The molecule has 7 heteroatoms. The van der Waals surface area contributed by atoms with Crippen LogP contribution >= 0.6 is 0 Å². The van der Waals surface area contributed by atoms with Gasteiger partial charge in [0.05, 0.1) is 11.5 Å². The Hall–Kier alpha value is -1.21. The summed E-state index contributed by atoms with van der Waals surface area (Å²) >= 11 is 0. The third-order valence-electron chi connectivity index (χ3n) is 9.61. The zero-order chi connectivity index (χ0) is 22.0. The van der Waals surface area contributed by atoms with Crippen LogP contribution in [0.15, 0.2) is 4.99 Å². The summed E-state index contributed by atoms with van der Waals surface area (Å²) in [6.45, 7) is 5.87. The molecule has 1 saturated heterocycles. The van der Waals surface area contributed by atoms with Crippen LogP contribution in [-0.2, 0) is 14.3 Å². The molecule has 0 amide bonds. The Morgan fingerprint density at radius 2 is 2.00 bits per heavy atom. The zero-order valence-corrected chi connectivity index (χ0v) is 18.5. The molecule has 0 bridgehead atoms. The number of aliphatic imine (C=N–C) groups is 1. The molecule has 4 aliphatic carbocycles. The lowest BCUT2D eigenvalue weighted by Gasteiger charge is -2.59. The molecule has 0 spiro atoms. The number of Topliss-reactive ketones (excluding diaryl/α,β-unsaturated/α-hetero) is 2. The molecule has 5 fully saturated rings. The molecule has 0 aromatic carbocycles. The molecule has 0 aromatic rings. The number of nitrogens with one attached hydrogen (secondary N) is 1. The lowest BCUT2D eigenvalue weighted by atomic mass is 9.44. The zero-order valence-electron chi connectivity index (χ0n) is 18.5. The van der Waals surface area contributed by atoms with Crippen molar-refractivity contribution in [3.8, 4) is 0 Å². The predicted molar refractivity (Wildman–Crippen MR) is 112 cm³/mol. The van der Waals surface area contributed by atoms with Crippen LogP contribution in [0.1, 0.15) is 58.8 Å². The highest BCUT2D eigenvalue weighted by Gasteiger charge is 2.69. The van der Waals surface area contributed by atoms with E-state index in [2.05, 4.69) is 12.2 Å². The number of nitrogens with zero attached hydrogens (tertiary/aromatic N) is 1. The molecular weight excluding hydrogens is 402 g/mol. The van der Waals surface area contributed by atoms with Crippen molar-refractivity contribution >= 4 is 17.3 Å². The van der Waals surface area contributed by atoms with E-state index in [9.17, 15) is 14.0 Å². The first-order valence-corrected chi connectivity index (χ1v) is 12.0. The third kappa shape index (κ3) is 3.17. The molecule has 5 nitrogen and oxygen atoms in total. The van der Waals surface area contributed by atoms with E-state index < -0.39 is 35.2 Å². The first-order valence-electron chi connectivity index (χ1n) is 12.0. The fourth-order valence-corrected chi connectivity index (χ4v) is 7.73. The van der Waals surface area contributed by atoms with Crippen molar-refractivity contribution in [3.63, 3.8) is 0 Å². The fraction of sp³-hybridized carbons (Fsp3) is 0.875. The van der Waals surface area contributed by atoms with E-state index in [1.54, 1.807) is 0 Å². The van der Waals surface area contributed by atoms with Gasteiger partial charge < -0.3 is 10.1 Å². The number of hydrogen-bond acceptors (Lipinski definition) is 5. The quantitative estimate of drug-likeness (QED) is 0.736. The smallest absolute Gasteiger partial charge is 0.176 e. The van der Waals surface area contributed by atoms with Gasteiger partial charge in [0.1, 0.15) is 6.73 Å². The van der Waals surface area contributed by atoms with E-state index in [4.69, 9.17) is 9.73 Å². The summed E-state index contributed by atoms with van der Waals surface area (Å²) in [4.78, 5) is 30.5. The largest absolute Gasteiger partial charge is 0.355 e. The van der Waals surface area contributed by atoms with Gasteiger partial charge in [-0.05, 0) is 81.6 Å². The summed E-state index contributed by atoms with van der Waals surface area (Å²) in [7, 11) is 0. The molecule has 0 aromatic heterocycles. The Morgan fingerprint density at radius 1 is 1.19 bits per heavy atom. The number of fused-ring (bicyclic) bond motifs is 5. The second-order valence-corrected chi connectivity index (χ2v) is 11.0. The topological polar surface area (TPSA) is 67.8 Å². The number of ketones is 2. The van der Waals surface area contributed by atoms with Crippen LogP contribution in [0.3, 0.4) is 0 Å². The highest BCUT2D eigenvalue weighted by atomic mass is 19.1. The van der Waals surface area contributed by atoms with E-state index >= 15 is 4.39 Å². The summed E-state index contributed by atoms with van der Waals surface area (Å²) in [5.41, 5.74) is -0.649. The third-order valence-corrected chi connectivity index (χ3v) is 9.61. The van der Waals surface area contributed by atoms with E-state index in [1.807, 2.05) is 0 Å². The Bertz CT molecular complexity index is 798. The number of halogens is 2. The normalized spacial score (nSPS) is 51.0. The fourth-order valence-electron chi connectivity index (χ4n) is 7.73. The Balaban J connectivity index is 1.33. The lowest BCUT2D eigenvalue weighted by Crippen LogP contribution is -2.62. The van der Waals surface area contributed by atoms with Crippen LogP contribution < -0.4 is 5.32 Å². The minimum absolute atomic E-state index is 0.0744. The van der Waals surface area contributed by atoms with E-state index in [0.29, 0.717) is 6.73 Å². The molecule has 172 valence electrons. The van der Waals surface area contributed by atoms with E-state index in [-0.39, 0.29) is 35.7 Å². The Morgan fingerprint density at radius 3 is 2.74 bits per heavy atom. The molecule has 5 rings (SSSR count). The Kier molecular flexibility index (Phi) is 5.36. The lowest BCUT2D eigenvalue weighted by molar-refractivity contribution is -0.169. The average molecular weight is 437 g/mol. The highest BCUT2D eigenvalue weighted by Crippen LogP contribution is 2.64. The summed E-state index contributed by atoms with van der Waals surface area (Å²) < 4.78 is 35.7. The summed E-state index contributed by atoms with van der Waals surface area (Å²) in [6, 6.07) is 0. The number of carbonyl (C=O) groups is 2. The molecule has 4 saturated carbocycles. The van der Waals surface area contributed by atoms with Crippen LogP contribution in [0.25, 0.3) is 0 Å². The summed E-state index contributed by atoms with van der Waals surface area (Å²) in [6.07, 6.45) is 1.90. The predicted octanol–water partition coefficient (Wildman–Crippen LogP) is 3.45. The van der Waals surface area contributed by atoms with Crippen LogP contribution in [0.2, 0.25) is 0 Å².